The van der Waals surface area contributed by atoms with Crippen molar-refractivity contribution in [2.24, 2.45) is 0 Å². The van der Waals surface area contributed by atoms with E-state index < -0.39 is 5.25 Å². The number of thioether (sulfide) groups is 1. The Morgan fingerprint density at radius 2 is 2.08 bits per heavy atom. The van der Waals surface area contributed by atoms with Crippen molar-refractivity contribution in [3.63, 3.8) is 0 Å². The molecule has 5 nitrogen and oxygen atoms in total. The first-order chi connectivity index (χ1) is 12.6. The molecule has 1 aliphatic heterocycles. The molecular formula is C19H14ClN3O2S. The number of hydrogen-bond donors (Lipinski definition) is 2. The van der Waals surface area contributed by atoms with Gasteiger partial charge in [0.2, 0.25) is 11.8 Å². The van der Waals surface area contributed by atoms with E-state index in [9.17, 15) is 9.59 Å². The zero-order valence-corrected chi connectivity index (χ0v) is 15.1. The minimum Gasteiger partial charge on any atom is -0.325 e. The Balaban J connectivity index is 1.45. The summed E-state index contributed by atoms with van der Waals surface area (Å²) in [7, 11) is 0. The van der Waals surface area contributed by atoms with Crippen molar-refractivity contribution in [1.82, 2.24) is 4.98 Å². The smallest absolute Gasteiger partial charge is 0.238 e. The van der Waals surface area contributed by atoms with Crippen LogP contribution in [0.15, 0.2) is 59.6 Å². The summed E-state index contributed by atoms with van der Waals surface area (Å²) < 4.78 is 0. The number of halogens is 1. The van der Waals surface area contributed by atoms with Gasteiger partial charge in [-0.25, -0.2) is 0 Å². The lowest BCUT2D eigenvalue weighted by Crippen LogP contribution is -2.32. The van der Waals surface area contributed by atoms with Crippen LogP contribution in [-0.4, -0.2) is 22.0 Å². The number of rotatable bonds is 3. The van der Waals surface area contributed by atoms with Gasteiger partial charge in [-0.2, -0.15) is 0 Å². The molecule has 1 aromatic heterocycles. The fourth-order valence-corrected chi connectivity index (χ4v) is 4.04. The predicted octanol–water partition coefficient (Wildman–Crippen LogP) is 4.33. The van der Waals surface area contributed by atoms with Crippen LogP contribution in [0.3, 0.4) is 0 Å². The standard InChI is InChI=1S/C19H14ClN3O2S/c20-12-5-6-16-15(8-12)23-19(25)17(26-16)9-18(24)22-13-7-11-3-1-2-4-14(11)21-10-13/h1-8,10,17H,9H2,(H,22,24)(H,23,25). The Bertz CT molecular complexity index is 1020. The number of amides is 2. The molecule has 4 rings (SSSR count). The first-order valence-corrected chi connectivity index (χ1v) is 9.26. The van der Waals surface area contributed by atoms with Crippen molar-refractivity contribution in [3.05, 3.63) is 59.8 Å². The minimum atomic E-state index is -0.489. The molecule has 0 spiro atoms. The third kappa shape index (κ3) is 3.52. The highest BCUT2D eigenvalue weighted by Gasteiger charge is 2.29. The molecule has 2 aromatic carbocycles. The molecule has 2 N–H and O–H groups in total. The fraction of sp³-hybridized carbons (Fsp3) is 0.105. The number of pyridine rings is 1. The SMILES string of the molecule is O=C(CC1Sc2ccc(Cl)cc2NC1=O)Nc1cnc2ccccc2c1. The lowest BCUT2D eigenvalue weighted by atomic mass is 10.2. The molecule has 0 saturated heterocycles. The van der Waals surface area contributed by atoms with Crippen LogP contribution >= 0.6 is 23.4 Å². The van der Waals surface area contributed by atoms with E-state index in [4.69, 9.17) is 11.6 Å². The number of aromatic nitrogens is 1. The Kier molecular flexibility index (Phi) is 4.53. The number of nitrogens with one attached hydrogen (secondary N) is 2. The molecule has 1 atom stereocenters. The molecule has 0 fully saturated rings. The minimum absolute atomic E-state index is 0.0748. The number of carbonyl (C=O) groups is 2. The maximum atomic E-state index is 12.4. The second kappa shape index (κ2) is 6.97. The molecule has 7 heteroatoms. The highest BCUT2D eigenvalue weighted by molar-refractivity contribution is 8.01. The second-order valence-corrected chi connectivity index (χ2v) is 7.59. The first kappa shape index (κ1) is 16.9. The number of hydrogen-bond acceptors (Lipinski definition) is 4. The number of carbonyl (C=O) groups excluding carboxylic acids is 2. The normalized spacial score (nSPS) is 16.0. The molecule has 26 heavy (non-hydrogen) atoms. The summed E-state index contributed by atoms with van der Waals surface area (Å²) in [6.45, 7) is 0. The Hall–Kier alpha value is -2.57. The molecule has 2 heterocycles. The van der Waals surface area contributed by atoms with E-state index in [1.807, 2.05) is 36.4 Å². The van der Waals surface area contributed by atoms with Crippen molar-refractivity contribution >= 4 is 57.5 Å². The Morgan fingerprint density at radius 3 is 2.96 bits per heavy atom. The number of para-hydroxylation sites is 1. The maximum Gasteiger partial charge on any atom is 0.238 e. The maximum absolute atomic E-state index is 12.4. The Labute approximate surface area is 159 Å². The highest BCUT2D eigenvalue weighted by atomic mass is 35.5. The molecular weight excluding hydrogens is 370 g/mol. The van der Waals surface area contributed by atoms with Gasteiger partial charge in [0, 0.05) is 21.7 Å². The zero-order valence-electron chi connectivity index (χ0n) is 13.5. The average molecular weight is 384 g/mol. The largest absolute Gasteiger partial charge is 0.325 e. The quantitative estimate of drug-likeness (QED) is 0.706. The van der Waals surface area contributed by atoms with Gasteiger partial charge in [0.25, 0.3) is 0 Å². The molecule has 130 valence electrons. The van der Waals surface area contributed by atoms with Gasteiger partial charge in [-0.3, -0.25) is 14.6 Å². The van der Waals surface area contributed by atoms with E-state index in [1.54, 1.807) is 18.3 Å². The highest BCUT2D eigenvalue weighted by Crippen LogP contribution is 2.38. The molecule has 0 saturated carbocycles. The molecule has 1 unspecified atom stereocenters. The summed E-state index contributed by atoms with van der Waals surface area (Å²) in [6.07, 6.45) is 1.69. The van der Waals surface area contributed by atoms with E-state index >= 15 is 0 Å². The number of fused-ring (bicyclic) bond motifs is 2. The van der Waals surface area contributed by atoms with Gasteiger partial charge in [-0.1, -0.05) is 29.8 Å². The van der Waals surface area contributed by atoms with Crippen molar-refractivity contribution in [1.29, 1.82) is 0 Å². The summed E-state index contributed by atoms with van der Waals surface area (Å²) in [5.41, 5.74) is 2.16. The third-order valence-corrected chi connectivity index (χ3v) is 5.52. The molecule has 3 aromatic rings. The summed E-state index contributed by atoms with van der Waals surface area (Å²) in [6, 6.07) is 14.9. The first-order valence-electron chi connectivity index (χ1n) is 8.00. The molecule has 0 aliphatic carbocycles. The molecule has 2 amide bonds. The summed E-state index contributed by atoms with van der Waals surface area (Å²) >= 11 is 7.31. The van der Waals surface area contributed by atoms with Gasteiger partial charge < -0.3 is 10.6 Å². The molecule has 1 aliphatic rings. The number of benzene rings is 2. The van der Waals surface area contributed by atoms with Gasteiger partial charge in [-0.15, -0.1) is 11.8 Å². The zero-order chi connectivity index (χ0) is 18.1. The van der Waals surface area contributed by atoms with Crippen LogP contribution < -0.4 is 10.6 Å². The second-order valence-electron chi connectivity index (χ2n) is 5.91. The summed E-state index contributed by atoms with van der Waals surface area (Å²) in [5.74, 6) is -0.427. The van der Waals surface area contributed by atoms with E-state index in [0.717, 1.165) is 15.8 Å². The number of nitrogens with zero attached hydrogens (tertiary/aromatic N) is 1. The van der Waals surface area contributed by atoms with Gasteiger partial charge in [0.15, 0.2) is 0 Å². The van der Waals surface area contributed by atoms with Crippen molar-refractivity contribution in [2.45, 2.75) is 16.6 Å². The predicted molar refractivity (Wildman–Crippen MR) is 105 cm³/mol. The molecule has 0 radical (unpaired) electrons. The van der Waals surface area contributed by atoms with Gasteiger partial charge in [-0.05, 0) is 30.3 Å². The van der Waals surface area contributed by atoms with Crippen LogP contribution in [0.25, 0.3) is 10.9 Å². The lowest BCUT2D eigenvalue weighted by molar-refractivity contribution is -0.120. The van der Waals surface area contributed by atoms with Crippen LogP contribution in [0.4, 0.5) is 11.4 Å². The topological polar surface area (TPSA) is 71.1 Å². The van der Waals surface area contributed by atoms with Crippen LogP contribution in [0.1, 0.15) is 6.42 Å². The van der Waals surface area contributed by atoms with Crippen molar-refractivity contribution in [3.8, 4) is 0 Å². The lowest BCUT2D eigenvalue weighted by Gasteiger charge is -2.23. The van der Waals surface area contributed by atoms with Crippen LogP contribution in [-0.2, 0) is 9.59 Å². The van der Waals surface area contributed by atoms with E-state index in [2.05, 4.69) is 15.6 Å². The van der Waals surface area contributed by atoms with Gasteiger partial charge >= 0.3 is 0 Å². The fourth-order valence-electron chi connectivity index (χ4n) is 2.78. The average Bonchev–Trinajstić information content (AvgIpc) is 2.62. The summed E-state index contributed by atoms with van der Waals surface area (Å²) in [4.78, 5) is 29.9. The molecule has 0 bridgehead atoms. The number of anilines is 2. The van der Waals surface area contributed by atoms with Crippen LogP contribution in [0.2, 0.25) is 5.02 Å². The van der Waals surface area contributed by atoms with Crippen molar-refractivity contribution in [2.75, 3.05) is 10.6 Å². The van der Waals surface area contributed by atoms with E-state index in [-0.39, 0.29) is 18.2 Å². The monoisotopic (exact) mass is 383 g/mol. The summed E-state index contributed by atoms with van der Waals surface area (Å²) in [5, 5.41) is 6.64. The Morgan fingerprint density at radius 1 is 1.23 bits per heavy atom. The van der Waals surface area contributed by atoms with Gasteiger partial charge in [0.05, 0.1) is 28.3 Å². The third-order valence-electron chi connectivity index (χ3n) is 4.01. The van der Waals surface area contributed by atoms with E-state index in [1.165, 1.54) is 11.8 Å². The van der Waals surface area contributed by atoms with Gasteiger partial charge in [0.1, 0.15) is 0 Å². The van der Waals surface area contributed by atoms with E-state index in [0.29, 0.717) is 16.4 Å². The van der Waals surface area contributed by atoms with Crippen molar-refractivity contribution < 1.29 is 9.59 Å². The van der Waals surface area contributed by atoms with Crippen LogP contribution in [0.5, 0.6) is 0 Å². The van der Waals surface area contributed by atoms with Crippen LogP contribution in [0, 0.1) is 0 Å².